The molecule has 1 unspecified atom stereocenters. The van der Waals surface area contributed by atoms with E-state index in [0.29, 0.717) is 28.7 Å². The second-order valence-corrected chi connectivity index (χ2v) is 9.29. The maximum absolute atomic E-state index is 12.7. The van der Waals surface area contributed by atoms with Gasteiger partial charge in [-0.2, -0.15) is 5.10 Å². The third-order valence-electron chi connectivity index (χ3n) is 5.25. The molecule has 2 aromatic carbocycles. The lowest BCUT2D eigenvalue weighted by Crippen LogP contribution is -2.48. The van der Waals surface area contributed by atoms with Crippen LogP contribution in [0.5, 0.6) is 0 Å². The Morgan fingerprint density at radius 3 is 2.35 bits per heavy atom. The number of rotatable bonds is 10. The summed E-state index contributed by atoms with van der Waals surface area (Å²) in [7, 11) is 0. The molecule has 0 spiro atoms. The van der Waals surface area contributed by atoms with Crippen LogP contribution in [0.2, 0.25) is 10.0 Å². The van der Waals surface area contributed by atoms with E-state index in [0.717, 1.165) is 12.0 Å². The zero-order valence-electron chi connectivity index (χ0n) is 20.6. The number of amides is 2. The molecular formula is C27H27Cl2N3O5. The van der Waals surface area contributed by atoms with Gasteiger partial charge in [-0.15, -0.1) is 0 Å². The smallest absolute Gasteiger partial charge is 0.338 e. The number of benzene rings is 2. The van der Waals surface area contributed by atoms with Gasteiger partial charge >= 0.3 is 5.97 Å². The molecule has 2 N–H and O–H groups in total. The van der Waals surface area contributed by atoms with Gasteiger partial charge in [0.05, 0.1) is 28.4 Å². The van der Waals surface area contributed by atoms with Crippen molar-refractivity contribution in [2.45, 2.75) is 33.2 Å². The molecule has 0 aliphatic carbocycles. The van der Waals surface area contributed by atoms with Crippen LogP contribution in [-0.2, 0) is 9.53 Å². The molecule has 1 heterocycles. The SMILES string of the molecule is CCCOC(=O)c1ccc(-c2ccc(C=NNC(=O)C(NC(=O)c3ccc(Cl)c(Cl)c3)C(C)C)o2)cc1. The van der Waals surface area contributed by atoms with Crippen molar-refractivity contribution in [2.75, 3.05) is 6.61 Å². The molecule has 3 aromatic rings. The van der Waals surface area contributed by atoms with Crippen LogP contribution in [0.15, 0.2) is 64.1 Å². The van der Waals surface area contributed by atoms with Gasteiger partial charge in [0, 0.05) is 11.1 Å². The Morgan fingerprint density at radius 1 is 1.00 bits per heavy atom. The normalized spacial score (nSPS) is 11.9. The average molecular weight is 544 g/mol. The van der Waals surface area contributed by atoms with Crippen molar-refractivity contribution in [1.29, 1.82) is 0 Å². The molecule has 0 fully saturated rings. The molecule has 1 atom stereocenters. The molecule has 0 aliphatic rings. The van der Waals surface area contributed by atoms with Crippen molar-refractivity contribution in [3.8, 4) is 11.3 Å². The Balaban J connectivity index is 1.59. The van der Waals surface area contributed by atoms with Crippen LogP contribution in [0.4, 0.5) is 0 Å². The summed E-state index contributed by atoms with van der Waals surface area (Å²) in [6.45, 7) is 5.91. The summed E-state index contributed by atoms with van der Waals surface area (Å²) in [6, 6.07) is 13.9. The van der Waals surface area contributed by atoms with Gasteiger partial charge in [-0.1, -0.05) is 56.1 Å². The lowest BCUT2D eigenvalue weighted by atomic mass is 10.0. The first-order valence-electron chi connectivity index (χ1n) is 11.7. The summed E-state index contributed by atoms with van der Waals surface area (Å²) in [5.41, 5.74) is 3.94. The Bertz CT molecular complexity index is 1290. The summed E-state index contributed by atoms with van der Waals surface area (Å²) in [5.74, 6) is -0.560. The number of furan rings is 1. The second-order valence-electron chi connectivity index (χ2n) is 8.47. The molecule has 0 aliphatic heterocycles. The van der Waals surface area contributed by atoms with E-state index in [9.17, 15) is 14.4 Å². The second kappa shape index (κ2) is 13.1. The number of nitrogens with one attached hydrogen (secondary N) is 2. The van der Waals surface area contributed by atoms with Crippen molar-refractivity contribution in [3.05, 3.63) is 81.5 Å². The van der Waals surface area contributed by atoms with Crippen LogP contribution >= 0.6 is 23.2 Å². The van der Waals surface area contributed by atoms with Crippen LogP contribution in [0.25, 0.3) is 11.3 Å². The Labute approximate surface area is 225 Å². The number of ether oxygens (including phenoxy) is 1. The monoisotopic (exact) mass is 543 g/mol. The van der Waals surface area contributed by atoms with Gasteiger partial charge < -0.3 is 14.5 Å². The Hall–Kier alpha value is -3.62. The van der Waals surface area contributed by atoms with Crippen LogP contribution in [0, 0.1) is 5.92 Å². The molecule has 37 heavy (non-hydrogen) atoms. The van der Waals surface area contributed by atoms with E-state index in [1.165, 1.54) is 24.4 Å². The Morgan fingerprint density at radius 2 is 1.70 bits per heavy atom. The van der Waals surface area contributed by atoms with Crippen LogP contribution < -0.4 is 10.7 Å². The summed E-state index contributed by atoms with van der Waals surface area (Å²) >= 11 is 11.9. The van der Waals surface area contributed by atoms with Crippen LogP contribution in [0.3, 0.4) is 0 Å². The fourth-order valence-corrected chi connectivity index (χ4v) is 3.55. The Kier molecular flexibility index (Phi) is 9.88. The first kappa shape index (κ1) is 28.0. The minimum absolute atomic E-state index is 0.209. The van der Waals surface area contributed by atoms with E-state index >= 15 is 0 Å². The molecule has 2 amide bonds. The van der Waals surface area contributed by atoms with Gasteiger partial charge in [-0.05, 0) is 54.8 Å². The predicted molar refractivity (Wildman–Crippen MR) is 143 cm³/mol. The maximum Gasteiger partial charge on any atom is 0.338 e. The lowest BCUT2D eigenvalue weighted by Gasteiger charge is -2.20. The molecule has 0 bridgehead atoms. The molecule has 0 saturated heterocycles. The number of carbonyl (C=O) groups excluding carboxylic acids is 3. The van der Waals surface area contributed by atoms with Crippen molar-refractivity contribution in [3.63, 3.8) is 0 Å². The number of esters is 1. The number of hydrazone groups is 1. The van der Waals surface area contributed by atoms with Crippen molar-refractivity contribution in [2.24, 2.45) is 11.0 Å². The van der Waals surface area contributed by atoms with E-state index in [2.05, 4.69) is 15.8 Å². The zero-order chi connectivity index (χ0) is 26.9. The average Bonchev–Trinajstić information content (AvgIpc) is 3.36. The first-order valence-corrected chi connectivity index (χ1v) is 12.4. The number of nitrogens with zero attached hydrogens (tertiary/aromatic N) is 1. The highest BCUT2D eigenvalue weighted by Crippen LogP contribution is 2.23. The summed E-state index contributed by atoms with van der Waals surface area (Å²) in [4.78, 5) is 37.2. The van der Waals surface area contributed by atoms with E-state index in [4.69, 9.17) is 32.4 Å². The fourth-order valence-electron chi connectivity index (χ4n) is 3.25. The first-order chi connectivity index (χ1) is 17.7. The van der Waals surface area contributed by atoms with Gasteiger partial charge in [0.25, 0.3) is 11.8 Å². The number of hydrogen-bond donors (Lipinski definition) is 2. The number of carbonyl (C=O) groups is 3. The van der Waals surface area contributed by atoms with E-state index < -0.39 is 17.9 Å². The van der Waals surface area contributed by atoms with Crippen molar-refractivity contribution in [1.82, 2.24) is 10.7 Å². The van der Waals surface area contributed by atoms with E-state index in [1.54, 1.807) is 50.2 Å². The summed E-state index contributed by atoms with van der Waals surface area (Å²) in [6.07, 6.45) is 2.11. The maximum atomic E-state index is 12.7. The van der Waals surface area contributed by atoms with Gasteiger partial charge in [-0.3, -0.25) is 9.59 Å². The summed E-state index contributed by atoms with van der Waals surface area (Å²) < 4.78 is 10.9. The number of halogens is 2. The minimum atomic E-state index is -0.839. The highest BCUT2D eigenvalue weighted by Gasteiger charge is 2.24. The standard InChI is InChI=1S/C27H27Cl2N3O5/c1-4-13-36-27(35)18-7-5-17(6-8-18)23-12-10-20(37-23)15-30-32-26(34)24(16(2)3)31-25(33)19-9-11-21(28)22(29)14-19/h5-12,14-16,24H,4,13H2,1-3H3,(H,31,33)(H,32,34). The third kappa shape index (κ3) is 7.68. The predicted octanol–water partition coefficient (Wildman–Crippen LogP) is 5.72. The topological polar surface area (TPSA) is 110 Å². The molecule has 194 valence electrons. The lowest BCUT2D eigenvalue weighted by molar-refractivity contribution is -0.123. The zero-order valence-corrected chi connectivity index (χ0v) is 22.1. The van der Waals surface area contributed by atoms with Gasteiger partial charge in [-0.25, -0.2) is 10.2 Å². The van der Waals surface area contributed by atoms with Crippen LogP contribution in [0.1, 0.15) is 53.7 Å². The largest absolute Gasteiger partial charge is 0.462 e. The van der Waals surface area contributed by atoms with Gasteiger partial charge in [0.15, 0.2) is 0 Å². The summed E-state index contributed by atoms with van der Waals surface area (Å²) in [5, 5.41) is 7.22. The van der Waals surface area contributed by atoms with Gasteiger partial charge in [0.1, 0.15) is 17.6 Å². The quantitative estimate of drug-likeness (QED) is 0.193. The molecule has 8 nitrogen and oxygen atoms in total. The van der Waals surface area contributed by atoms with Crippen LogP contribution in [-0.4, -0.2) is 36.6 Å². The molecule has 0 radical (unpaired) electrons. The highest BCUT2D eigenvalue weighted by molar-refractivity contribution is 6.42. The fraction of sp³-hybridized carbons (Fsp3) is 0.259. The van der Waals surface area contributed by atoms with Gasteiger partial charge in [0.2, 0.25) is 0 Å². The third-order valence-corrected chi connectivity index (χ3v) is 5.99. The van der Waals surface area contributed by atoms with E-state index in [-0.39, 0.29) is 22.5 Å². The van der Waals surface area contributed by atoms with Crippen molar-refractivity contribution < 1.29 is 23.5 Å². The molecule has 10 heteroatoms. The molecule has 3 rings (SSSR count). The number of hydrogen-bond acceptors (Lipinski definition) is 6. The van der Waals surface area contributed by atoms with Crippen molar-refractivity contribution >= 4 is 47.2 Å². The van der Waals surface area contributed by atoms with E-state index in [1.807, 2.05) is 6.92 Å². The minimum Gasteiger partial charge on any atom is -0.462 e. The molecule has 0 saturated carbocycles. The molecule has 1 aromatic heterocycles. The highest BCUT2D eigenvalue weighted by atomic mass is 35.5. The molecular weight excluding hydrogens is 517 g/mol.